The van der Waals surface area contributed by atoms with E-state index in [1.165, 1.54) is 0 Å². The second-order valence-electron chi connectivity index (χ2n) is 6.47. The Morgan fingerprint density at radius 3 is 2.68 bits per heavy atom. The van der Waals surface area contributed by atoms with Gasteiger partial charge in [-0.05, 0) is 58.8 Å². The molecule has 0 bridgehead atoms. The molecule has 2 N–H and O–H groups in total. The zero-order valence-corrected chi connectivity index (χ0v) is 14.5. The minimum absolute atomic E-state index is 0.218. The highest BCUT2D eigenvalue weighted by Gasteiger charge is 2.43. The molecule has 2 nitrogen and oxygen atoms in total. The normalized spacial score (nSPS) is 36.6. The van der Waals surface area contributed by atoms with Crippen LogP contribution in [0.25, 0.3) is 0 Å². The van der Waals surface area contributed by atoms with Crippen molar-refractivity contribution in [1.82, 2.24) is 0 Å². The monoisotopic (exact) mass is 352 g/mol. The first-order chi connectivity index (χ1) is 8.56. The predicted octanol–water partition coefficient (Wildman–Crippen LogP) is 4.02. The van der Waals surface area contributed by atoms with Crippen LogP contribution in [0.15, 0.2) is 12.2 Å². The molecule has 0 aliphatic heterocycles. The molecule has 0 aromatic carbocycles. The van der Waals surface area contributed by atoms with Gasteiger partial charge in [-0.15, -0.1) is 11.6 Å². The maximum absolute atomic E-state index is 10.7. The highest BCUT2D eigenvalue weighted by molar-refractivity contribution is 9.09. The highest BCUT2D eigenvalue weighted by atomic mass is 79.9. The number of aliphatic hydroxyl groups excluding tert-OH is 1. The molecule has 0 saturated heterocycles. The molecule has 0 radical (unpaired) electrons. The number of rotatable bonds is 5. The summed E-state index contributed by atoms with van der Waals surface area (Å²) in [7, 11) is 0. The maximum Gasteiger partial charge on any atom is 0.0745 e. The fourth-order valence-electron chi connectivity index (χ4n) is 2.67. The summed E-state index contributed by atoms with van der Waals surface area (Å²) in [5, 5.41) is 20.4. The lowest BCUT2D eigenvalue weighted by atomic mass is 9.72. The Morgan fingerprint density at radius 1 is 1.63 bits per heavy atom. The number of halogens is 2. The first-order valence-corrected chi connectivity index (χ1v) is 8.24. The van der Waals surface area contributed by atoms with Crippen molar-refractivity contribution in [3.63, 3.8) is 0 Å². The molecule has 0 amide bonds. The minimum atomic E-state index is -0.754. The second-order valence-corrected chi connectivity index (χ2v) is 8.44. The van der Waals surface area contributed by atoms with Crippen molar-refractivity contribution in [3.8, 4) is 0 Å². The van der Waals surface area contributed by atoms with E-state index >= 15 is 0 Å². The molecule has 1 saturated carbocycles. The van der Waals surface area contributed by atoms with Crippen LogP contribution in [0.2, 0.25) is 0 Å². The SMILES string of the molecule is C=C(C)C(O)CCC(C)(O)C1CC[C@](C)(Cl)[C@@H](Br)C1. The fraction of sp³-hybridized carbons (Fsp3) is 0.867. The van der Waals surface area contributed by atoms with Gasteiger partial charge in [0.2, 0.25) is 0 Å². The summed E-state index contributed by atoms with van der Waals surface area (Å²) in [5.74, 6) is 0.223. The lowest BCUT2D eigenvalue weighted by Crippen LogP contribution is -2.45. The van der Waals surface area contributed by atoms with Gasteiger partial charge in [-0.25, -0.2) is 0 Å². The van der Waals surface area contributed by atoms with Gasteiger partial charge >= 0.3 is 0 Å². The van der Waals surface area contributed by atoms with Crippen molar-refractivity contribution in [2.75, 3.05) is 0 Å². The molecule has 5 atom stereocenters. The average Bonchev–Trinajstić information content (AvgIpc) is 2.29. The van der Waals surface area contributed by atoms with E-state index in [1.807, 2.05) is 20.8 Å². The van der Waals surface area contributed by atoms with Crippen LogP contribution in [0.5, 0.6) is 0 Å². The van der Waals surface area contributed by atoms with Gasteiger partial charge in [0.15, 0.2) is 0 Å². The van der Waals surface area contributed by atoms with Gasteiger partial charge in [0.05, 0.1) is 16.6 Å². The Balaban J connectivity index is 2.56. The number of hydrogen-bond acceptors (Lipinski definition) is 2. The molecular weight excluding hydrogens is 328 g/mol. The molecule has 0 aromatic heterocycles. The van der Waals surface area contributed by atoms with Crippen LogP contribution in [0.3, 0.4) is 0 Å². The van der Waals surface area contributed by atoms with Gasteiger partial charge in [0, 0.05) is 4.83 Å². The van der Waals surface area contributed by atoms with Crippen LogP contribution in [0, 0.1) is 5.92 Å². The van der Waals surface area contributed by atoms with Crippen molar-refractivity contribution in [2.45, 2.75) is 74.3 Å². The summed E-state index contributed by atoms with van der Waals surface area (Å²) in [6.45, 7) is 9.48. The van der Waals surface area contributed by atoms with Crippen LogP contribution in [0.1, 0.15) is 52.9 Å². The Bertz CT molecular complexity index is 328. The van der Waals surface area contributed by atoms with Gasteiger partial charge < -0.3 is 10.2 Å². The van der Waals surface area contributed by atoms with E-state index in [0.717, 1.165) is 24.8 Å². The van der Waals surface area contributed by atoms with Gasteiger partial charge in [0.1, 0.15) is 0 Å². The van der Waals surface area contributed by atoms with Gasteiger partial charge in [-0.2, -0.15) is 0 Å². The third-order valence-corrected chi connectivity index (χ3v) is 6.60. The molecule has 1 rings (SSSR count). The molecule has 19 heavy (non-hydrogen) atoms. The van der Waals surface area contributed by atoms with Crippen LogP contribution < -0.4 is 0 Å². The van der Waals surface area contributed by atoms with E-state index in [9.17, 15) is 10.2 Å². The molecular formula is C15H26BrClO2. The van der Waals surface area contributed by atoms with Crippen molar-refractivity contribution in [3.05, 3.63) is 12.2 Å². The van der Waals surface area contributed by atoms with E-state index < -0.39 is 11.7 Å². The molecule has 0 aromatic rings. The Kier molecular flexibility index (Phi) is 5.95. The number of hydrogen-bond donors (Lipinski definition) is 2. The lowest BCUT2D eigenvalue weighted by molar-refractivity contribution is -0.0326. The predicted molar refractivity (Wildman–Crippen MR) is 85.0 cm³/mol. The van der Waals surface area contributed by atoms with Gasteiger partial charge in [-0.1, -0.05) is 28.1 Å². The van der Waals surface area contributed by atoms with Crippen molar-refractivity contribution >= 4 is 27.5 Å². The Morgan fingerprint density at radius 2 is 2.21 bits per heavy atom. The van der Waals surface area contributed by atoms with Crippen LogP contribution >= 0.6 is 27.5 Å². The van der Waals surface area contributed by atoms with Gasteiger partial charge in [0.25, 0.3) is 0 Å². The summed E-state index contributed by atoms with van der Waals surface area (Å²) in [4.78, 5) is 0.00188. The third-order valence-electron chi connectivity index (χ3n) is 4.50. The molecule has 0 heterocycles. The topological polar surface area (TPSA) is 40.5 Å². The lowest BCUT2D eigenvalue weighted by Gasteiger charge is -2.43. The maximum atomic E-state index is 10.7. The van der Waals surface area contributed by atoms with Crippen molar-refractivity contribution < 1.29 is 10.2 Å². The summed E-state index contributed by atoms with van der Waals surface area (Å²) in [5.41, 5.74) is 0.00156. The molecule has 1 aliphatic rings. The zero-order valence-electron chi connectivity index (χ0n) is 12.1. The Hall–Kier alpha value is 0.430. The Labute approximate surface area is 130 Å². The zero-order chi connectivity index (χ0) is 14.8. The smallest absolute Gasteiger partial charge is 0.0745 e. The minimum Gasteiger partial charge on any atom is -0.390 e. The van der Waals surface area contributed by atoms with E-state index in [1.54, 1.807) is 0 Å². The van der Waals surface area contributed by atoms with Gasteiger partial charge in [-0.3, -0.25) is 0 Å². The third kappa shape index (κ3) is 4.73. The largest absolute Gasteiger partial charge is 0.390 e. The summed E-state index contributed by atoms with van der Waals surface area (Å²) in [6.07, 6.45) is 3.32. The van der Waals surface area contributed by atoms with Crippen molar-refractivity contribution in [2.24, 2.45) is 5.92 Å². The van der Waals surface area contributed by atoms with E-state index in [-0.39, 0.29) is 15.6 Å². The molecule has 3 unspecified atom stereocenters. The first-order valence-electron chi connectivity index (χ1n) is 6.95. The molecule has 1 aliphatic carbocycles. The van der Waals surface area contributed by atoms with Crippen LogP contribution in [0.4, 0.5) is 0 Å². The highest BCUT2D eigenvalue weighted by Crippen LogP contribution is 2.45. The summed E-state index contributed by atoms with van der Waals surface area (Å²) >= 11 is 10.1. The van der Waals surface area contributed by atoms with E-state index in [4.69, 9.17) is 11.6 Å². The molecule has 1 fully saturated rings. The van der Waals surface area contributed by atoms with E-state index in [0.29, 0.717) is 12.8 Å². The molecule has 112 valence electrons. The van der Waals surface area contributed by atoms with E-state index in [2.05, 4.69) is 22.5 Å². The fourth-order valence-corrected chi connectivity index (χ4v) is 3.55. The van der Waals surface area contributed by atoms with Crippen molar-refractivity contribution in [1.29, 1.82) is 0 Å². The number of alkyl halides is 2. The van der Waals surface area contributed by atoms with Crippen LogP contribution in [-0.2, 0) is 0 Å². The standard InChI is InChI=1S/C15H26BrClO2/c1-10(2)12(18)6-8-15(4,19)11-5-7-14(3,17)13(16)9-11/h11-13,18-19H,1,5-9H2,2-4H3/t11?,12?,13-,14-,15?/m0/s1. The summed E-state index contributed by atoms with van der Waals surface area (Å²) in [6, 6.07) is 0. The quantitative estimate of drug-likeness (QED) is 0.579. The molecule has 0 spiro atoms. The first kappa shape index (κ1) is 17.5. The molecule has 4 heteroatoms. The van der Waals surface area contributed by atoms with Crippen LogP contribution in [-0.4, -0.2) is 31.6 Å². The second kappa shape index (κ2) is 6.46. The number of aliphatic hydroxyl groups is 2. The average molecular weight is 354 g/mol. The summed E-state index contributed by atoms with van der Waals surface area (Å²) < 4.78 is 0.